The summed E-state index contributed by atoms with van der Waals surface area (Å²) in [4.78, 5) is 23.4. The van der Waals surface area contributed by atoms with E-state index in [1.807, 2.05) is 49.4 Å². The number of ether oxygens (including phenoxy) is 1. The van der Waals surface area contributed by atoms with Crippen LogP contribution >= 0.6 is 27.7 Å². The van der Waals surface area contributed by atoms with Crippen LogP contribution in [-0.4, -0.2) is 11.1 Å². The molecule has 1 N–H and O–H groups in total. The quantitative estimate of drug-likeness (QED) is 0.754. The minimum atomic E-state index is -0.380. The molecule has 0 aromatic heterocycles. The molecule has 1 saturated heterocycles. The molecule has 0 aliphatic carbocycles. The van der Waals surface area contributed by atoms with Gasteiger partial charge < -0.3 is 4.74 Å². The number of nitrogens with one attached hydrogen (secondary N) is 1. The van der Waals surface area contributed by atoms with Gasteiger partial charge in [-0.15, -0.1) is 0 Å². The molecule has 4 nitrogen and oxygen atoms in total. The van der Waals surface area contributed by atoms with Gasteiger partial charge in [0.25, 0.3) is 11.1 Å². The van der Waals surface area contributed by atoms with E-state index < -0.39 is 0 Å². The lowest BCUT2D eigenvalue weighted by Crippen LogP contribution is -2.17. The third kappa shape index (κ3) is 4.07. The van der Waals surface area contributed by atoms with Crippen molar-refractivity contribution in [2.75, 3.05) is 0 Å². The lowest BCUT2D eigenvalue weighted by molar-refractivity contribution is -0.115. The van der Waals surface area contributed by atoms with Crippen LogP contribution in [-0.2, 0) is 11.4 Å². The summed E-state index contributed by atoms with van der Waals surface area (Å²) in [6.45, 7) is 2.46. The van der Waals surface area contributed by atoms with Crippen LogP contribution in [0.4, 0.5) is 4.79 Å². The van der Waals surface area contributed by atoms with E-state index in [0.29, 0.717) is 17.3 Å². The Labute approximate surface area is 152 Å². The lowest BCUT2D eigenvalue weighted by Gasteiger charge is -2.10. The predicted octanol–water partition coefficient (Wildman–Crippen LogP) is 4.66. The van der Waals surface area contributed by atoms with Crippen molar-refractivity contribution >= 4 is 44.9 Å². The van der Waals surface area contributed by atoms with E-state index >= 15 is 0 Å². The van der Waals surface area contributed by atoms with Crippen molar-refractivity contribution in [3.05, 3.63) is 68.5 Å². The highest BCUT2D eigenvalue weighted by Crippen LogP contribution is 2.31. The molecule has 1 aliphatic heterocycles. The van der Waals surface area contributed by atoms with Gasteiger partial charge in [0.2, 0.25) is 0 Å². The second-order valence-electron chi connectivity index (χ2n) is 5.31. The molecule has 1 heterocycles. The Hall–Kier alpha value is -2.05. The van der Waals surface area contributed by atoms with Crippen LogP contribution in [0.2, 0.25) is 0 Å². The Morgan fingerprint density at radius 1 is 1.17 bits per heavy atom. The summed E-state index contributed by atoms with van der Waals surface area (Å²) in [5.41, 5.74) is 3.00. The van der Waals surface area contributed by atoms with Crippen molar-refractivity contribution < 1.29 is 14.3 Å². The third-order valence-electron chi connectivity index (χ3n) is 3.42. The summed E-state index contributed by atoms with van der Waals surface area (Å²) in [7, 11) is 0. The van der Waals surface area contributed by atoms with Gasteiger partial charge in [-0.25, -0.2) is 0 Å². The van der Waals surface area contributed by atoms with Gasteiger partial charge in [0, 0.05) is 10.0 Å². The first kappa shape index (κ1) is 16.8. The van der Waals surface area contributed by atoms with E-state index in [1.165, 1.54) is 5.56 Å². The van der Waals surface area contributed by atoms with Gasteiger partial charge in [-0.1, -0.05) is 45.8 Å². The molecule has 0 unspecified atom stereocenters. The molecule has 3 rings (SSSR count). The van der Waals surface area contributed by atoms with Gasteiger partial charge in [0.15, 0.2) is 0 Å². The molecule has 0 atom stereocenters. The number of rotatable bonds is 4. The SMILES string of the molecule is Cc1ccc(COc2ccc(Br)cc2/C=C2\SC(=O)NC2=O)cc1. The first-order valence-corrected chi connectivity index (χ1v) is 8.85. The molecular weight excluding hydrogens is 390 g/mol. The van der Waals surface area contributed by atoms with Crippen LogP contribution in [0.15, 0.2) is 51.8 Å². The second-order valence-corrected chi connectivity index (χ2v) is 7.24. The maximum absolute atomic E-state index is 11.7. The minimum absolute atomic E-state index is 0.358. The van der Waals surface area contributed by atoms with E-state index in [9.17, 15) is 9.59 Å². The second kappa shape index (κ2) is 7.23. The Balaban J connectivity index is 1.83. The number of hydrogen-bond donors (Lipinski definition) is 1. The number of thioether (sulfide) groups is 1. The first-order valence-electron chi connectivity index (χ1n) is 7.24. The van der Waals surface area contributed by atoms with Crippen molar-refractivity contribution in [1.29, 1.82) is 0 Å². The lowest BCUT2D eigenvalue weighted by atomic mass is 10.1. The standard InChI is InChI=1S/C18H14BrNO3S/c1-11-2-4-12(5-3-11)10-23-15-7-6-14(19)8-13(15)9-16-17(21)20-18(22)24-16/h2-9H,10H2,1H3,(H,20,21,22)/b16-9-. The van der Waals surface area contributed by atoms with Gasteiger partial charge >= 0.3 is 0 Å². The van der Waals surface area contributed by atoms with Crippen molar-refractivity contribution in [3.63, 3.8) is 0 Å². The highest BCUT2D eigenvalue weighted by atomic mass is 79.9. The average molecular weight is 404 g/mol. The molecule has 2 amide bonds. The molecule has 122 valence electrons. The number of imide groups is 1. The number of carbonyl (C=O) groups is 2. The van der Waals surface area contributed by atoms with Crippen LogP contribution in [0.3, 0.4) is 0 Å². The maximum atomic E-state index is 11.7. The topological polar surface area (TPSA) is 55.4 Å². The molecule has 2 aromatic carbocycles. The summed E-state index contributed by atoms with van der Waals surface area (Å²) >= 11 is 4.31. The number of carbonyl (C=O) groups excluding carboxylic acids is 2. The fourth-order valence-electron chi connectivity index (χ4n) is 2.17. The highest BCUT2D eigenvalue weighted by molar-refractivity contribution is 9.10. The highest BCUT2D eigenvalue weighted by Gasteiger charge is 2.25. The average Bonchev–Trinajstić information content (AvgIpc) is 2.86. The van der Waals surface area contributed by atoms with Gasteiger partial charge in [0.05, 0.1) is 4.91 Å². The molecule has 0 bridgehead atoms. The zero-order valence-corrected chi connectivity index (χ0v) is 15.2. The van der Waals surface area contributed by atoms with E-state index in [4.69, 9.17) is 4.74 Å². The summed E-state index contributed by atoms with van der Waals surface area (Å²) in [5, 5.41) is 1.89. The minimum Gasteiger partial charge on any atom is -0.488 e. The van der Waals surface area contributed by atoms with Gasteiger partial charge in [-0.2, -0.15) is 0 Å². The van der Waals surface area contributed by atoms with Gasteiger partial charge in [0.1, 0.15) is 12.4 Å². The van der Waals surface area contributed by atoms with Crippen molar-refractivity contribution in [1.82, 2.24) is 5.32 Å². The Bertz CT molecular complexity index is 831. The molecule has 24 heavy (non-hydrogen) atoms. The van der Waals surface area contributed by atoms with Crippen molar-refractivity contribution in [2.45, 2.75) is 13.5 Å². The molecule has 2 aromatic rings. The van der Waals surface area contributed by atoms with Crippen LogP contribution in [0.1, 0.15) is 16.7 Å². The van der Waals surface area contributed by atoms with Crippen LogP contribution in [0, 0.1) is 6.92 Å². The van der Waals surface area contributed by atoms with E-state index in [0.717, 1.165) is 27.4 Å². The molecule has 0 radical (unpaired) electrons. The van der Waals surface area contributed by atoms with E-state index in [-0.39, 0.29) is 11.1 Å². The maximum Gasteiger partial charge on any atom is 0.290 e. The first-order chi connectivity index (χ1) is 11.5. The molecule has 0 spiro atoms. The molecule has 0 saturated carbocycles. The smallest absolute Gasteiger partial charge is 0.290 e. The van der Waals surface area contributed by atoms with Gasteiger partial charge in [-0.3, -0.25) is 14.9 Å². The fourth-order valence-corrected chi connectivity index (χ4v) is 3.22. The number of hydrogen-bond acceptors (Lipinski definition) is 4. The summed E-state index contributed by atoms with van der Waals surface area (Å²) in [6.07, 6.45) is 1.67. The number of amides is 2. The monoisotopic (exact) mass is 403 g/mol. The number of halogens is 1. The summed E-state index contributed by atoms with van der Waals surface area (Å²) in [5.74, 6) is 0.272. The van der Waals surface area contributed by atoms with E-state index in [1.54, 1.807) is 6.08 Å². The van der Waals surface area contributed by atoms with Crippen LogP contribution in [0.5, 0.6) is 5.75 Å². The molecule has 1 fully saturated rings. The van der Waals surface area contributed by atoms with E-state index in [2.05, 4.69) is 21.2 Å². The van der Waals surface area contributed by atoms with Crippen molar-refractivity contribution in [3.8, 4) is 5.75 Å². The fraction of sp³-hybridized carbons (Fsp3) is 0.111. The zero-order chi connectivity index (χ0) is 17.1. The Kier molecular flexibility index (Phi) is 5.06. The predicted molar refractivity (Wildman–Crippen MR) is 98.8 cm³/mol. The van der Waals surface area contributed by atoms with Crippen LogP contribution in [0.25, 0.3) is 6.08 Å². The number of benzene rings is 2. The summed E-state index contributed by atoms with van der Waals surface area (Å²) < 4.78 is 6.77. The Morgan fingerprint density at radius 2 is 1.92 bits per heavy atom. The third-order valence-corrected chi connectivity index (χ3v) is 4.72. The largest absolute Gasteiger partial charge is 0.488 e. The molecule has 1 aliphatic rings. The molecular formula is C18H14BrNO3S. The van der Waals surface area contributed by atoms with Crippen LogP contribution < -0.4 is 10.1 Å². The molecule has 6 heteroatoms. The summed E-state index contributed by atoms with van der Waals surface area (Å²) in [6, 6.07) is 13.7. The van der Waals surface area contributed by atoms with Gasteiger partial charge in [-0.05, 0) is 48.5 Å². The number of aryl methyl sites for hydroxylation is 1. The van der Waals surface area contributed by atoms with Crippen molar-refractivity contribution in [2.24, 2.45) is 0 Å². The normalized spacial score (nSPS) is 15.7. The zero-order valence-electron chi connectivity index (χ0n) is 12.8. The Morgan fingerprint density at radius 3 is 2.58 bits per heavy atom.